The third-order valence-corrected chi connectivity index (χ3v) is 6.05. The number of para-hydroxylation sites is 1. The Morgan fingerprint density at radius 1 is 1.19 bits per heavy atom. The van der Waals surface area contributed by atoms with Crippen LogP contribution in [0, 0.1) is 0 Å². The molecular weight excluding hydrogens is 399 g/mol. The molecule has 0 bridgehead atoms. The summed E-state index contributed by atoms with van der Waals surface area (Å²) in [4.78, 5) is 14.2. The van der Waals surface area contributed by atoms with E-state index in [-0.39, 0.29) is 21.4 Å². The van der Waals surface area contributed by atoms with Gasteiger partial charge >= 0.3 is 0 Å². The number of halogens is 2. The molecule has 0 saturated carbocycles. The molecule has 9 heteroatoms. The largest absolute Gasteiger partial charge is 0.548 e. The number of aromatic nitrogens is 1. The number of H-pyrrole nitrogens is 1. The van der Waals surface area contributed by atoms with Crippen molar-refractivity contribution in [1.29, 1.82) is 0 Å². The Morgan fingerprint density at radius 2 is 1.92 bits per heavy atom. The number of hydrogen-bond acceptors (Lipinski definition) is 4. The zero-order chi connectivity index (χ0) is 18.9. The molecule has 0 unspecified atom stereocenters. The van der Waals surface area contributed by atoms with E-state index in [9.17, 15) is 18.3 Å². The van der Waals surface area contributed by atoms with E-state index in [1.165, 1.54) is 12.1 Å². The highest BCUT2D eigenvalue weighted by Gasteiger charge is 2.24. The van der Waals surface area contributed by atoms with Crippen LogP contribution in [0.1, 0.15) is 5.56 Å². The fourth-order valence-electron chi connectivity index (χ4n) is 2.63. The minimum absolute atomic E-state index is 0.0638. The van der Waals surface area contributed by atoms with Crippen LogP contribution in [0.25, 0.3) is 10.9 Å². The molecule has 0 aliphatic rings. The first-order valence-corrected chi connectivity index (χ1v) is 9.75. The monoisotopic (exact) mass is 411 g/mol. The number of carboxylic acid groups (broad SMARTS) is 1. The van der Waals surface area contributed by atoms with Crippen molar-refractivity contribution in [3.63, 3.8) is 0 Å². The maximum absolute atomic E-state index is 12.6. The Hall–Kier alpha value is -2.06. The van der Waals surface area contributed by atoms with E-state index in [1.807, 2.05) is 24.3 Å². The van der Waals surface area contributed by atoms with E-state index in [1.54, 1.807) is 6.20 Å². The molecule has 3 rings (SSSR count). The van der Waals surface area contributed by atoms with Crippen molar-refractivity contribution in [3.8, 4) is 0 Å². The second-order valence-electron chi connectivity index (χ2n) is 5.63. The number of nitrogens with one attached hydrogen (secondary N) is 2. The molecule has 2 N–H and O–H groups in total. The maximum atomic E-state index is 12.6. The van der Waals surface area contributed by atoms with Crippen molar-refractivity contribution in [1.82, 2.24) is 9.71 Å². The van der Waals surface area contributed by atoms with Crippen molar-refractivity contribution < 1.29 is 18.3 Å². The topological polar surface area (TPSA) is 102 Å². The van der Waals surface area contributed by atoms with Crippen molar-refractivity contribution >= 4 is 50.1 Å². The minimum atomic E-state index is -4.21. The van der Waals surface area contributed by atoms with E-state index in [4.69, 9.17) is 23.2 Å². The van der Waals surface area contributed by atoms with Crippen LogP contribution in [0.4, 0.5) is 0 Å². The number of benzene rings is 2. The molecule has 0 saturated heterocycles. The van der Waals surface area contributed by atoms with Gasteiger partial charge in [0.1, 0.15) is 4.90 Å². The third-order valence-electron chi connectivity index (χ3n) is 3.86. The molecule has 3 aromatic rings. The quantitative estimate of drug-likeness (QED) is 0.648. The summed E-state index contributed by atoms with van der Waals surface area (Å²) in [6.07, 6.45) is 1.55. The number of hydrogen-bond donors (Lipinski definition) is 2. The van der Waals surface area contributed by atoms with Gasteiger partial charge in [-0.15, -0.1) is 0 Å². The van der Waals surface area contributed by atoms with Crippen molar-refractivity contribution in [2.45, 2.75) is 17.4 Å². The molecule has 0 amide bonds. The number of carbonyl (C=O) groups is 1. The molecule has 2 aromatic carbocycles. The first-order valence-electron chi connectivity index (χ1n) is 7.51. The molecule has 1 heterocycles. The van der Waals surface area contributed by atoms with Crippen LogP contribution in [0.3, 0.4) is 0 Å². The summed E-state index contributed by atoms with van der Waals surface area (Å²) in [6, 6.07) is 9.74. The third kappa shape index (κ3) is 3.86. The zero-order valence-corrected chi connectivity index (χ0v) is 15.5. The zero-order valence-electron chi connectivity index (χ0n) is 13.2. The van der Waals surface area contributed by atoms with E-state index in [0.717, 1.165) is 17.0 Å². The summed E-state index contributed by atoms with van der Waals surface area (Å²) in [7, 11) is -4.21. The Kier molecular flexibility index (Phi) is 5.24. The van der Waals surface area contributed by atoms with Crippen molar-refractivity contribution in [2.24, 2.45) is 0 Å². The Morgan fingerprint density at radius 3 is 2.65 bits per heavy atom. The van der Waals surface area contributed by atoms with Crippen LogP contribution in [0.15, 0.2) is 53.6 Å². The number of carbonyl (C=O) groups excluding carboxylic acids is 1. The van der Waals surface area contributed by atoms with Gasteiger partial charge in [-0.1, -0.05) is 41.4 Å². The lowest BCUT2D eigenvalue weighted by Gasteiger charge is -2.20. The Bertz CT molecular complexity index is 1080. The lowest BCUT2D eigenvalue weighted by Crippen LogP contribution is -2.49. The lowest BCUT2D eigenvalue weighted by atomic mass is 10.1. The predicted octanol–water partition coefficient (Wildman–Crippen LogP) is 2.11. The van der Waals surface area contributed by atoms with Crippen LogP contribution in [0.5, 0.6) is 0 Å². The highest BCUT2D eigenvalue weighted by atomic mass is 35.5. The molecule has 136 valence electrons. The lowest BCUT2D eigenvalue weighted by molar-refractivity contribution is -0.307. The van der Waals surface area contributed by atoms with E-state index in [2.05, 4.69) is 9.71 Å². The highest BCUT2D eigenvalue weighted by Crippen LogP contribution is 2.25. The van der Waals surface area contributed by atoms with Crippen molar-refractivity contribution in [2.75, 3.05) is 0 Å². The number of aromatic amines is 1. The highest BCUT2D eigenvalue weighted by molar-refractivity contribution is 7.89. The van der Waals surface area contributed by atoms with E-state index >= 15 is 0 Å². The molecule has 0 fully saturated rings. The molecule has 0 aliphatic carbocycles. The van der Waals surface area contributed by atoms with Crippen LogP contribution < -0.4 is 9.83 Å². The molecule has 6 nitrogen and oxygen atoms in total. The summed E-state index contributed by atoms with van der Waals surface area (Å²) < 4.78 is 27.3. The van der Waals surface area contributed by atoms with Gasteiger partial charge in [0.05, 0.1) is 17.0 Å². The van der Waals surface area contributed by atoms with Gasteiger partial charge in [0.15, 0.2) is 0 Å². The van der Waals surface area contributed by atoms with Gasteiger partial charge in [-0.2, -0.15) is 0 Å². The molecule has 0 spiro atoms. The summed E-state index contributed by atoms with van der Waals surface area (Å²) >= 11 is 11.7. The van der Waals surface area contributed by atoms with Crippen LogP contribution in [-0.2, 0) is 21.2 Å². The molecule has 1 atom stereocenters. The summed E-state index contributed by atoms with van der Waals surface area (Å²) in [6.45, 7) is 0. The standard InChI is InChI=1S/C17H14Cl2N2O4S/c18-11-5-6-13(19)16(8-11)26(24,25)21-15(17(22)23)7-10-9-20-14-4-2-1-3-12(10)14/h1-6,8-9,15,20-21H,7H2,(H,22,23)/p-1/t15-/m1/s1. The van der Waals surface area contributed by atoms with Gasteiger partial charge < -0.3 is 14.9 Å². The fraction of sp³-hybridized carbons (Fsp3) is 0.118. The van der Waals surface area contributed by atoms with Gasteiger partial charge in [-0.25, -0.2) is 13.1 Å². The molecular formula is C17H13Cl2N2O4S-. The first kappa shape index (κ1) is 18.7. The summed E-state index contributed by atoms with van der Waals surface area (Å²) in [5, 5.41) is 12.4. The molecule has 0 aliphatic heterocycles. The van der Waals surface area contributed by atoms with Crippen LogP contribution in [-0.4, -0.2) is 25.4 Å². The van der Waals surface area contributed by atoms with Gasteiger partial charge in [-0.05, 0) is 36.2 Å². The van der Waals surface area contributed by atoms with Gasteiger partial charge in [-0.3, -0.25) is 0 Å². The number of aliphatic carboxylic acids is 1. The van der Waals surface area contributed by atoms with E-state index in [0.29, 0.717) is 5.56 Å². The van der Waals surface area contributed by atoms with Gasteiger partial charge in [0, 0.05) is 22.1 Å². The maximum Gasteiger partial charge on any atom is 0.242 e. The first-order chi connectivity index (χ1) is 12.3. The minimum Gasteiger partial charge on any atom is -0.548 e. The van der Waals surface area contributed by atoms with Crippen LogP contribution >= 0.6 is 23.2 Å². The SMILES string of the molecule is O=C([O-])[C@@H](Cc1c[nH]c2ccccc12)NS(=O)(=O)c1cc(Cl)ccc1Cl. The van der Waals surface area contributed by atoms with E-state index < -0.39 is 22.0 Å². The number of carboxylic acids is 1. The normalized spacial score (nSPS) is 13.0. The molecule has 1 aromatic heterocycles. The average molecular weight is 412 g/mol. The van der Waals surface area contributed by atoms with Gasteiger partial charge in [0.25, 0.3) is 0 Å². The van der Waals surface area contributed by atoms with Crippen LogP contribution in [0.2, 0.25) is 10.0 Å². The summed E-state index contributed by atoms with van der Waals surface area (Å²) in [5.41, 5.74) is 1.47. The van der Waals surface area contributed by atoms with Crippen molar-refractivity contribution in [3.05, 3.63) is 64.3 Å². The Balaban J connectivity index is 1.91. The fourth-order valence-corrected chi connectivity index (χ4v) is 4.57. The predicted molar refractivity (Wildman–Crippen MR) is 97.6 cm³/mol. The Labute approximate surface area is 159 Å². The average Bonchev–Trinajstić information content (AvgIpc) is 2.99. The number of sulfonamides is 1. The number of fused-ring (bicyclic) bond motifs is 1. The number of rotatable bonds is 6. The summed E-state index contributed by atoms with van der Waals surface area (Å²) in [5.74, 6) is -1.54. The smallest absolute Gasteiger partial charge is 0.242 e. The molecule has 26 heavy (non-hydrogen) atoms. The molecule has 0 radical (unpaired) electrons. The second-order valence-corrected chi connectivity index (χ2v) is 8.16. The second kappa shape index (κ2) is 7.28. The van der Waals surface area contributed by atoms with Gasteiger partial charge in [0.2, 0.25) is 10.0 Å².